The van der Waals surface area contributed by atoms with Gasteiger partial charge >= 0.3 is 0 Å². The van der Waals surface area contributed by atoms with E-state index in [1.165, 1.54) is 0 Å². The Kier molecular flexibility index (Phi) is 6.32. The van der Waals surface area contributed by atoms with Gasteiger partial charge in [-0.1, -0.05) is 37.1 Å². The van der Waals surface area contributed by atoms with Gasteiger partial charge in [-0.25, -0.2) is 0 Å². The molecule has 1 rings (SSSR count). The van der Waals surface area contributed by atoms with E-state index in [4.69, 9.17) is 16.3 Å². The highest BCUT2D eigenvalue weighted by Crippen LogP contribution is 2.26. The topological polar surface area (TPSA) is 38.3 Å². The van der Waals surface area contributed by atoms with Crippen molar-refractivity contribution in [1.29, 1.82) is 0 Å². The first-order valence-electron chi connectivity index (χ1n) is 6.59. The molecule has 0 fully saturated rings. The minimum Gasteiger partial charge on any atom is -0.372 e. The van der Waals surface area contributed by atoms with Gasteiger partial charge in [0.05, 0.1) is 6.54 Å². The maximum absolute atomic E-state index is 11.7. The van der Waals surface area contributed by atoms with Gasteiger partial charge < -0.3 is 10.1 Å². The number of carbonyl (C=O) groups excluding carboxylic acids is 1. The smallest absolute Gasteiger partial charge is 0.220 e. The third-order valence-corrected chi connectivity index (χ3v) is 3.50. The van der Waals surface area contributed by atoms with Gasteiger partial charge in [0.15, 0.2) is 0 Å². The summed E-state index contributed by atoms with van der Waals surface area (Å²) in [7, 11) is 1.64. The van der Waals surface area contributed by atoms with Gasteiger partial charge in [0.1, 0.15) is 5.60 Å². The van der Waals surface area contributed by atoms with Crippen molar-refractivity contribution in [2.45, 2.75) is 38.7 Å². The Labute approximate surface area is 120 Å². The Morgan fingerprint density at radius 2 is 2.21 bits per heavy atom. The molecule has 0 aliphatic heterocycles. The van der Waals surface area contributed by atoms with E-state index in [1.807, 2.05) is 31.2 Å². The predicted octanol–water partition coefficient (Wildman–Crippen LogP) is 3.51. The standard InChI is InChI=1S/C15H22ClNO2/c1-4-5-9-14(18)17-11-15(2,19-3)12-7-6-8-13(16)10-12/h6-8,10H,4-5,9,11H2,1-3H3,(H,17,18). The molecule has 106 valence electrons. The summed E-state index contributed by atoms with van der Waals surface area (Å²) in [5, 5.41) is 3.58. The van der Waals surface area contributed by atoms with Crippen molar-refractivity contribution in [3.8, 4) is 0 Å². The zero-order valence-electron chi connectivity index (χ0n) is 11.8. The molecular weight excluding hydrogens is 262 g/mol. The van der Waals surface area contributed by atoms with Crippen LogP contribution < -0.4 is 5.32 Å². The normalized spacial score (nSPS) is 13.9. The Morgan fingerprint density at radius 3 is 2.79 bits per heavy atom. The van der Waals surface area contributed by atoms with E-state index in [1.54, 1.807) is 7.11 Å². The molecule has 0 bridgehead atoms. The van der Waals surface area contributed by atoms with Crippen molar-refractivity contribution in [3.63, 3.8) is 0 Å². The minimum absolute atomic E-state index is 0.0622. The van der Waals surface area contributed by atoms with Crippen LogP contribution >= 0.6 is 11.6 Å². The minimum atomic E-state index is -0.563. The van der Waals surface area contributed by atoms with Gasteiger partial charge in [-0.2, -0.15) is 0 Å². The number of halogens is 1. The molecule has 0 heterocycles. The van der Waals surface area contributed by atoms with Crippen molar-refractivity contribution in [2.24, 2.45) is 0 Å². The van der Waals surface area contributed by atoms with Gasteiger partial charge in [0.2, 0.25) is 5.91 Å². The highest BCUT2D eigenvalue weighted by Gasteiger charge is 2.26. The quantitative estimate of drug-likeness (QED) is 0.832. The third-order valence-electron chi connectivity index (χ3n) is 3.27. The molecule has 19 heavy (non-hydrogen) atoms. The van der Waals surface area contributed by atoms with Gasteiger partial charge in [-0.15, -0.1) is 0 Å². The number of amides is 1. The van der Waals surface area contributed by atoms with E-state index in [9.17, 15) is 4.79 Å². The number of nitrogens with one attached hydrogen (secondary N) is 1. The molecule has 1 N–H and O–H groups in total. The lowest BCUT2D eigenvalue weighted by Crippen LogP contribution is -2.40. The molecule has 3 nitrogen and oxygen atoms in total. The molecule has 4 heteroatoms. The summed E-state index contributed by atoms with van der Waals surface area (Å²) in [5.41, 5.74) is 0.394. The van der Waals surface area contributed by atoms with Gasteiger partial charge in [0, 0.05) is 18.6 Å². The predicted molar refractivity (Wildman–Crippen MR) is 78.3 cm³/mol. The first kappa shape index (κ1) is 16.0. The van der Waals surface area contributed by atoms with Crippen molar-refractivity contribution in [1.82, 2.24) is 5.32 Å². The fraction of sp³-hybridized carbons (Fsp3) is 0.533. The van der Waals surface area contributed by atoms with Crippen LogP contribution in [0.25, 0.3) is 0 Å². The van der Waals surface area contributed by atoms with E-state index in [0.29, 0.717) is 18.0 Å². The zero-order chi connectivity index (χ0) is 14.3. The summed E-state index contributed by atoms with van der Waals surface area (Å²) in [5.74, 6) is 0.0622. The Bertz CT molecular complexity index is 422. The molecule has 1 aromatic carbocycles. The highest BCUT2D eigenvalue weighted by atomic mass is 35.5. The van der Waals surface area contributed by atoms with Crippen LogP contribution in [-0.4, -0.2) is 19.6 Å². The number of ether oxygens (including phenoxy) is 1. The summed E-state index contributed by atoms with van der Waals surface area (Å²) in [6.07, 6.45) is 2.49. The average molecular weight is 284 g/mol. The van der Waals surface area contributed by atoms with Crippen LogP contribution in [0.15, 0.2) is 24.3 Å². The Morgan fingerprint density at radius 1 is 1.47 bits per heavy atom. The molecule has 0 aliphatic rings. The van der Waals surface area contributed by atoms with Gasteiger partial charge in [0.25, 0.3) is 0 Å². The van der Waals surface area contributed by atoms with Crippen molar-refractivity contribution in [3.05, 3.63) is 34.9 Å². The summed E-state index contributed by atoms with van der Waals surface area (Å²) in [4.78, 5) is 11.7. The lowest BCUT2D eigenvalue weighted by atomic mass is 9.95. The number of unbranched alkanes of at least 4 members (excludes halogenated alkanes) is 1. The van der Waals surface area contributed by atoms with Crippen LogP contribution in [-0.2, 0) is 15.1 Å². The second-order valence-electron chi connectivity index (χ2n) is 4.83. The molecule has 1 amide bonds. The molecule has 0 saturated carbocycles. The molecule has 1 atom stereocenters. The molecule has 0 aromatic heterocycles. The number of methoxy groups -OCH3 is 1. The highest BCUT2D eigenvalue weighted by molar-refractivity contribution is 6.30. The van der Waals surface area contributed by atoms with Crippen molar-refractivity contribution in [2.75, 3.05) is 13.7 Å². The SMILES string of the molecule is CCCCC(=O)NCC(C)(OC)c1cccc(Cl)c1. The Hall–Kier alpha value is -1.06. The number of rotatable bonds is 7. The lowest BCUT2D eigenvalue weighted by molar-refractivity contribution is -0.122. The van der Waals surface area contributed by atoms with Crippen molar-refractivity contribution < 1.29 is 9.53 Å². The van der Waals surface area contributed by atoms with Crippen LogP contribution in [0.3, 0.4) is 0 Å². The van der Waals surface area contributed by atoms with E-state index >= 15 is 0 Å². The van der Waals surface area contributed by atoms with Crippen molar-refractivity contribution >= 4 is 17.5 Å². The average Bonchev–Trinajstić information content (AvgIpc) is 2.42. The van der Waals surface area contributed by atoms with E-state index < -0.39 is 5.60 Å². The fourth-order valence-corrected chi connectivity index (χ4v) is 1.99. The molecule has 1 aromatic rings. The second-order valence-corrected chi connectivity index (χ2v) is 5.26. The summed E-state index contributed by atoms with van der Waals surface area (Å²) in [6, 6.07) is 7.52. The maximum atomic E-state index is 11.7. The lowest BCUT2D eigenvalue weighted by Gasteiger charge is -2.29. The molecule has 0 aliphatic carbocycles. The van der Waals surface area contributed by atoms with Crippen LogP contribution in [0.1, 0.15) is 38.7 Å². The van der Waals surface area contributed by atoms with Crippen LogP contribution in [0.5, 0.6) is 0 Å². The number of hydrogen-bond acceptors (Lipinski definition) is 2. The monoisotopic (exact) mass is 283 g/mol. The Balaban J connectivity index is 2.68. The van der Waals surface area contributed by atoms with Crippen LogP contribution in [0.4, 0.5) is 0 Å². The molecular formula is C15H22ClNO2. The van der Waals surface area contributed by atoms with E-state index in [-0.39, 0.29) is 5.91 Å². The molecule has 0 saturated heterocycles. The summed E-state index contributed by atoms with van der Waals surface area (Å²) in [6.45, 7) is 4.45. The number of benzene rings is 1. The number of hydrogen-bond donors (Lipinski definition) is 1. The summed E-state index contributed by atoms with van der Waals surface area (Å²) >= 11 is 6.00. The van der Waals surface area contributed by atoms with Crippen LogP contribution in [0, 0.1) is 0 Å². The van der Waals surface area contributed by atoms with Gasteiger partial charge in [-0.3, -0.25) is 4.79 Å². The first-order valence-corrected chi connectivity index (χ1v) is 6.97. The number of carbonyl (C=O) groups is 1. The largest absolute Gasteiger partial charge is 0.372 e. The van der Waals surface area contributed by atoms with Crippen LogP contribution in [0.2, 0.25) is 5.02 Å². The maximum Gasteiger partial charge on any atom is 0.220 e. The molecule has 0 spiro atoms. The zero-order valence-corrected chi connectivity index (χ0v) is 12.6. The molecule has 0 radical (unpaired) electrons. The summed E-state index contributed by atoms with van der Waals surface area (Å²) < 4.78 is 5.56. The third kappa shape index (κ3) is 4.84. The van der Waals surface area contributed by atoms with Gasteiger partial charge in [-0.05, 0) is 31.0 Å². The van der Waals surface area contributed by atoms with E-state index in [2.05, 4.69) is 12.2 Å². The van der Waals surface area contributed by atoms with E-state index in [0.717, 1.165) is 18.4 Å². The fourth-order valence-electron chi connectivity index (χ4n) is 1.80. The molecule has 1 unspecified atom stereocenters. The second kappa shape index (κ2) is 7.51. The first-order chi connectivity index (χ1) is 9.01.